The summed E-state index contributed by atoms with van der Waals surface area (Å²) in [7, 11) is 0. The first-order valence-electron chi connectivity index (χ1n) is 10.9. The van der Waals surface area contributed by atoms with Crippen molar-refractivity contribution in [2.75, 3.05) is 5.75 Å². The van der Waals surface area contributed by atoms with Gasteiger partial charge in [-0.15, -0.1) is 11.8 Å². The van der Waals surface area contributed by atoms with Crippen molar-refractivity contribution < 1.29 is 19.8 Å². The summed E-state index contributed by atoms with van der Waals surface area (Å²) in [6.45, 7) is 12.3. The Kier molecular flexibility index (Phi) is 7.12. The van der Waals surface area contributed by atoms with E-state index in [2.05, 4.69) is 57.1 Å². The van der Waals surface area contributed by atoms with Crippen LogP contribution in [0.4, 0.5) is 0 Å². The fraction of sp³-hybridized carbons (Fsp3) is 0.346. The molecule has 1 heterocycles. The average Bonchev–Trinajstić information content (AvgIpc) is 3.14. The Balaban J connectivity index is 1.71. The number of hydrogen-bond acceptors (Lipinski definition) is 5. The lowest BCUT2D eigenvalue weighted by Gasteiger charge is -2.28. The highest BCUT2D eigenvalue weighted by Gasteiger charge is 2.26. The van der Waals surface area contributed by atoms with E-state index in [1.807, 2.05) is 12.1 Å². The van der Waals surface area contributed by atoms with Crippen LogP contribution in [-0.4, -0.2) is 39.0 Å². The largest absolute Gasteiger partial charge is 0.507 e. The molecule has 34 heavy (non-hydrogen) atoms. The van der Waals surface area contributed by atoms with E-state index in [4.69, 9.17) is 0 Å². The molecular formula is C26H31N3O4S. The molecule has 0 unspecified atom stereocenters. The minimum absolute atomic E-state index is 0.159. The number of fused-ring (bicyclic) bond motifs is 1. The van der Waals surface area contributed by atoms with E-state index in [1.54, 1.807) is 18.3 Å². The van der Waals surface area contributed by atoms with Gasteiger partial charge in [-0.25, -0.2) is 10.2 Å². The number of carboxylic acid groups (broad SMARTS) is 1. The predicted molar refractivity (Wildman–Crippen MR) is 137 cm³/mol. The van der Waals surface area contributed by atoms with Gasteiger partial charge < -0.3 is 15.2 Å². The van der Waals surface area contributed by atoms with Crippen LogP contribution in [0.3, 0.4) is 0 Å². The Morgan fingerprint density at radius 2 is 1.71 bits per heavy atom. The number of para-hydroxylation sites is 1. The fourth-order valence-corrected chi connectivity index (χ4v) is 4.42. The number of rotatable bonds is 6. The van der Waals surface area contributed by atoms with Gasteiger partial charge in [0, 0.05) is 33.2 Å². The average molecular weight is 482 g/mol. The molecule has 0 saturated carbocycles. The number of aromatic carboxylic acids is 1. The minimum Gasteiger partial charge on any atom is -0.507 e. The molecule has 4 N–H and O–H groups in total. The number of amides is 1. The molecule has 0 spiro atoms. The van der Waals surface area contributed by atoms with Gasteiger partial charge in [0.25, 0.3) is 0 Å². The molecule has 1 amide bonds. The Hall–Kier alpha value is -3.26. The highest BCUT2D eigenvalue weighted by Crippen LogP contribution is 2.41. The molecule has 0 fully saturated rings. The predicted octanol–water partition coefficient (Wildman–Crippen LogP) is 5.41. The minimum atomic E-state index is -1.01. The Morgan fingerprint density at radius 3 is 2.26 bits per heavy atom. The smallest absolute Gasteiger partial charge is 0.337 e. The summed E-state index contributed by atoms with van der Waals surface area (Å²) in [4.78, 5) is 27.6. The van der Waals surface area contributed by atoms with E-state index >= 15 is 0 Å². The lowest BCUT2D eigenvalue weighted by atomic mass is 9.79. The maximum atomic E-state index is 12.4. The Bertz CT molecular complexity index is 1230. The van der Waals surface area contributed by atoms with Crippen molar-refractivity contribution in [1.29, 1.82) is 0 Å². The van der Waals surface area contributed by atoms with Crippen LogP contribution in [0.25, 0.3) is 10.9 Å². The molecule has 0 bridgehead atoms. The maximum Gasteiger partial charge on any atom is 0.337 e. The summed E-state index contributed by atoms with van der Waals surface area (Å²) in [5.41, 5.74) is 5.10. The van der Waals surface area contributed by atoms with Crippen LogP contribution in [0.2, 0.25) is 0 Å². The van der Waals surface area contributed by atoms with Gasteiger partial charge in [0.1, 0.15) is 5.75 Å². The number of aromatic hydroxyl groups is 1. The number of aromatic nitrogens is 1. The van der Waals surface area contributed by atoms with Gasteiger partial charge in [-0.1, -0.05) is 53.7 Å². The first kappa shape index (κ1) is 25.4. The zero-order chi connectivity index (χ0) is 25.3. The van der Waals surface area contributed by atoms with Crippen LogP contribution >= 0.6 is 11.8 Å². The summed E-state index contributed by atoms with van der Waals surface area (Å²) in [5, 5.41) is 24.9. The standard InChI is InChI=1S/C26H31N3O4S/c1-25(2,3)19-10-16(11-20(23(19)31)26(4,5)6)34-14-21(30)29-28-13-15-12-27-22-17(15)8-7-9-18(22)24(32)33/h7-13,27,31H,14H2,1-6H3,(H,29,30)(H,32,33)/b28-13+. The maximum absolute atomic E-state index is 12.4. The molecule has 0 saturated heterocycles. The van der Waals surface area contributed by atoms with E-state index in [9.17, 15) is 19.8 Å². The van der Waals surface area contributed by atoms with Gasteiger partial charge in [-0.05, 0) is 29.0 Å². The topological polar surface area (TPSA) is 115 Å². The monoisotopic (exact) mass is 481 g/mol. The van der Waals surface area contributed by atoms with Crippen molar-refractivity contribution in [2.45, 2.75) is 57.3 Å². The molecule has 0 aliphatic carbocycles. The number of nitrogens with zero attached hydrogens (tertiary/aromatic N) is 1. The number of thioether (sulfide) groups is 1. The summed E-state index contributed by atoms with van der Waals surface area (Å²) < 4.78 is 0. The van der Waals surface area contributed by atoms with Crippen LogP contribution in [0.1, 0.15) is 68.6 Å². The second-order valence-corrected chi connectivity index (χ2v) is 11.3. The van der Waals surface area contributed by atoms with E-state index in [1.165, 1.54) is 24.0 Å². The summed E-state index contributed by atoms with van der Waals surface area (Å²) in [6.07, 6.45) is 3.14. The number of carbonyl (C=O) groups excluding carboxylic acids is 1. The quantitative estimate of drug-likeness (QED) is 0.213. The van der Waals surface area contributed by atoms with Gasteiger partial charge in [-0.3, -0.25) is 4.79 Å². The zero-order valence-corrected chi connectivity index (χ0v) is 21.1. The van der Waals surface area contributed by atoms with Crippen molar-refractivity contribution >= 4 is 40.8 Å². The third kappa shape index (κ3) is 5.62. The van der Waals surface area contributed by atoms with Crippen molar-refractivity contribution in [1.82, 2.24) is 10.4 Å². The van der Waals surface area contributed by atoms with Crippen LogP contribution in [0, 0.1) is 0 Å². The number of phenols is 1. The second kappa shape index (κ2) is 9.54. The number of phenolic OH excluding ortho intramolecular Hbond substituents is 1. The summed E-state index contributed by atoms with van der Waals surface area (Å²) in [5.74, 6) is -0.815. The first-order chi connectivity index (χ1) is 15.8. The SMILES string of the molecule is CC(C)(C)c1cc(SCC(=O)N/N=C/c2c[nH]c3c(C(=O)O)cccc23)cc(C(C)(C)C)c1O. The van der Waals surface area contributed by atoms with Crippen LogP contribution in [-0.2, 0) is 15.6 Å². The van der Waals surface area contributed by atoms with Gasteiger partial charge >= 0.3 is 5.97 Å². The van der Waals surface area contributed by atoms with Gasteiger partial charge in [0.05, 0.1) is 23.0 Å². The lowest BCUT2D eigenvalue weighted by Crippen LogP contribution is -2.20. The number of aromatic amines is 1. The van der Waals surface area contributed by atoms with Gasteiger partial charge in [0.2, 0.25) is 5.91 Å². The van der Waals surface area contributed by atoms with Crippen molar-refractivity contribution in [2.24, 2.45) is 5.10 Å². The van der Waals surface area contributed by atoms with Crippen LogP contribution in [0.5, 0.6) is 5.75 Å². The third-order valence-corrected chi connectivity index (χ3v) is 6.42. The number of hydrogen-bond donors (Lipinski definition) is 4. The van der Waals surface area contributed by atoms with E-state index in [0.29, 0.717) is 22.2 Å². The number of hydrazone groups is 1. The highest BCUT2D eigenvalue weighted by atomic mass is 32.2. The van der Waals surface area contributed by atoms with Gasteiger partial charge in [-0.2, -0.15) is 5.10 Å². The number of benzene rings is 2. The molecule has 180 valence electrons. The molecular weight excluding hydrogens is 450 g/mol. The normalized spacial score (nSPS) is 12.4. The number of H-pyrrole nitrogens is 1. The van der Waals surface area contributed by atoms with Crippen molar-refractivity contribution in [3.05, 3.63) is 58.8 Å². The molecule has 0 atom stereocenters. The van der Waals surface area contributed by atoms with E-state index in [0.717, 1.165) is 16.0 Å². The number of carbonyl (C=O) groups is 2. The highest BCUT2D eigenvalue weighted by molar-refractivity contribution is 8.00. The molecule has 3 aromatic rings. The Labute approximate surface area is 203 Å². The summed E-state index contributed by atoms with van der Waals surface area (Å²) in [6, 6.07) is 8.87. The number of nitrogens with one attached hydrogen (secondary N) is 2. The lowest BCUT2D eigenvalue weighted by molar-refractivity contribution is -0.118. The van der Waals surface area contributed by atoms with E-state index in [-0.39, 0.29) is 28.1 Å². The summed E-state index contributed by atoms with van der Waals surface area (Å²) >= 11 is 1.38. The zero-order valence-electron chi connectivity index (χ0n) is 20.3. The molecule has 1 aromatic heterocycles. The van der Waals surface area contributed by atoms with Gasteiger partial charge in [0.15, 0.2) is 0 Å². The second-order valence-electron chi connectivity index (χ2n) is 10.2. The third-order valence-electron chi connectivity index (χ3n) is 5.44. The van der Waals surface area contributed by atoms with Crippen LogP contribution < -0.4 is 5.43 Å². The molecule has 8 heteroatoms. The van der Waals surface area contributed by atoms with Crippen molar-refractivity contribution in [3.63, 3.8) is 0 Å². The first-order valence-corrected chi connectivity index (χ1v) is 11.9. The molecule has 2 aromatic carbocycles. The molecule has 7 nitrogen and oxygen atoms in total. The van der Waals surface area contributed by atoms with Crippen molar-refractivity contribution in [3.8, 4) is 5.75 Å². The van der Waals surface area contributed by atoms with Crippen LogP contribution in [0.15, 0.2) is 46.5 Å². The fourth-order valence-electron chi connectivity index (χ4n) is 3.65. The molecule has 0 aliphatic heterocycles. The Morgan fingerprint density at radius 1 is 1.09 bits per heavy atom. The van der Waals surface area contributed by atoms with E-state index < -0.39 is 5.97 Å². The molecule has 0 aliphatic rings. The molecule has 0 radical (unpaired) electrons. The number of carboxylic acids is 1. The molecule has 3 rings (SSSR count).